The Kier molecular flexibility index (Phi) is 34.1. The quantitative estimate of drug-likeness (QED) is 0.196. The van der Waals surface area contributed by atoms with Crippen LogP contribution in [0.5, 0.6) is 0 Å². The summed E-state index contributed by atoms with van der Waals surface area (Å²) in [5.74, 6) is -1.99. The van der Waals surface area contributed by atoms with Gasteiger partial charge in [0.05, 0.1) is 12.0 Å². The zero-order valence-electron chi connectivity index (χ0n) is 32.4. The van der Waals surface area contributed by atoms with Crippen molar-refractivity contribution in [3.05, 3.63) is 35.9 Å². The third kappa shape index (κ3) is 20.5. The first-order valence-electron chi connectivity index (χ1n) is 17.1. The Hall–Kier alpha value is -2.41. The van der Waals surface area contributed by atoms with Gasteiger partial charge in [0.15, 0.2) is 0 Å². The highest BCUT2D eigenvalue weighted by Gasteiger charge is 2.40. The van der Waals surface area contributed by atoms with E-state index in [0.717, 1.165) is 5.56 Å². The van der Waals surface area contributed by atoms with Gasteiger partial charge < -0.3 is 21.1 Å². The second-order valence-corrected chi connectivity index (χ2v) is 11.7. The molecule has 2 amide bonds. The first kappa shape index (κ1) is 51.2. The van der Waals surface area contributed by atoms with Crippen LogP contribution < -0.4 is 16.0 Å². The van der Waals surface area contributed by atoms with Crippen LogP contribution in [0.4, 0.5) is 0 Å². The Morgan fingerprint density at radius 1 is 0.727 bits per heavy atom. The minimum Gasteiger partial charge on any atom is -0.481 e. The van der Waals surface area contributed by atoms with Crippen LogP contribution in [0.1, 0.15) is 143 Å². The Morgan fingerprint density at radius 3 is 1.43 bits per heavy atom. The molecule has 0 aliphatic heterocycles. The van der Waals surface area contributed by atoms with Gasteiger partial charge in [-0.2, -0.15) is 0 Å². The van der Waals surface area contributed by atoms with Crippen LogP contribution in [0.3, 0.4) is 0 Å². The van der Waals surface area contributed by atoms with Gasteiger partial charge in [-0.05, 0) is 30.4 Å². The molecule has 1 rings (SSSR count). The summed E-state index contributed by atoms with van der Waals surface area (Å²) in [7, 11) is 1.74. The van der Waals surface area contributed by atoms with E-state index >= 15 is 0 Å². The van der Waals surface area contributed by atoms with Crippen molar-refractivity contribution in [2.45, 2.75) is 161 Å². The third-order valence-electron chi connectivity index (χ3n) is 6.37. The molecule has 0 aliphatic carbocycles. The maximum Gasteiger partial charge on any atom is 0.306 e. The highest BCUT2D eigenvalue weighted by atomic mass is 16.4. The average Bonchev–Trinajstić information content (AvgIpc) is 3.00. The molecule has 0 heterocycles. The normalized spacial score (nSPS) is 12.9. The summed E-state index contributed by atoms with van der Waals surface area (Å²) in [6.07, 6.45) is 1.57. The molecule has 0 spiro atoms. The zero-order chi connectivity index (χ0) is 36.3. The number of nitrogens with one attached hydrogen (secondary N) is 3. The smallest absolute Gasteiger partial charge is 0.306 e. The van der Waals surface area contributed by atoms with Crippen LogP contribution in [0, 0.1) is 17.3 Å². The van der Waals surface area contributed by atoms with Crippen molar-refractivity contribution in [2.75, 3.05) is 7.05 Å². The van der Waals surface area contributed by atoms with Crippen molar-refractivity contribution in [3.63, 3.8) is 0 Å². The van der Waals surface area contributed by atoms with E-state index in [1.807, 2.05) is 134 Å². The van der Waals surface area contributed by atoms with E-state index in [-0.39, 0.29) is 23.8 Å². The average molecular weight is 626 g/mol. The second-order valence-electron chi connectivity index (χ2n) is 11.7. The molecule has 3 unspecified atom stereocenters. The molecular formula is C37H75N3O4. The Balaban J connectivity index is -0.000000409. The first-order valence-corrected chi connectivity index (χ1v) is 17.1. The molecule has 7 nitrogen and oxygen atoms in total. The molecule has 4 N–H and O–H groups in total. The highest BCUT2D eigenvalue weighted by Crippen LogP contribution is 2.28. The number of carboxylic acids is 1. The summed E-state index contributed by atoms with van der Waals surface area (Å²) >= 11 is 0. The Bertz CT molecular complexity index is 818. The minimum atomic E-state index is -0.893. The maximum absolute atomic E-state index is 13.4. The lowest BCUT2D eigenvalue weighted by atomic mass is 9.76. The third-order valence-corrected chi connectivity index (χ3v) is 6.37. The van der Waals surface area contributed by atoms with Gasteiger partial charge in [-0.3, -0.25) is 14.4 Å². The lowest BCUT2D eigenvalue weighted by Gasteiger charge is -2.37. The molecule has 44 heavy (non-hydrogen) atoms. The number of hydrogen-bond acceptors (Lipinski definition) is 4. The van der Waals surface area contributed by atoms with E-state index in [1.165, 1.54) is 6.42 Å². The maximum atomic E-state index is 13.4. The van der Waals surface area contributed by atoms with Crippen molar-refractivity contribution >= 4 is 17.8 Å². The van der Waals surface area contributed by atoms with E-state index in [0.29, 0.717) is 6.42 Å². The molecule has 0 bridgehead atoms. The SMILES string of the molecule is CC.CC.CC.CC.CCC.CNC(C(=O)NC(C(=O)N[C@H](CC(C)C(=O)O)C(C)C)C(C)(C)C)C(C)(C)c1ccccc1. The van der Waals surface area contributed by atoms with Gasteiger partial charge in [-0.25, -0.2) is 0 Å². The molecule has 262 valence electrons. The number of benzene rings is 1. The van der Waals surface area contributed by atoms with Gasteiger partial charge in [0, 0.05) is 11.5 Å². The predicted octanol–water partition coefficient (Wildman–Crippen LogP) is 8.86. The molecule has 0 aromatic heterocycles. The van der Waals surface area contributed by atoms with E-state index in [9.17, 15) is 19.5 Å². The number of aliphatic carboxylic acids is 1. The van der Waals surface area contributed by atoms with Gasteiger partial charge >= 0.3 is 5.97 Å². The number of carbonyl (C=O) groups excluding carboxylic acids is 2. The van der Waals surface area contributed by atoms with E-state index < -0.39 is 34.8 Å². The molecule has 0 saturated carbocycles. The molecule has 0 saturated heterocycles. The summed E-state index contributed by atoms with van der Waals surface area (Å²) in [6.45, 7) is 35.5. The highest BCUT2D eigenvalue weighted by molar-refractivity contribution is 5.91. The summed E-state index contributed by atoms with van der Waals surface area (Å²) in [6, 6.07) is 8.13. The summed E-state index contributed by atoms with van der Waals surface area (Å²) in [5, 5.41) is 18.4. The molecule has 0 fully saturated rings. The number of amides is 2. The number of rotatable bonds is 11. The molecule has 7 heteroatoms. The van der Waals surface area contributed by atoms with Crippen molar-refractivity contribution in [3.8, 4) is 0 Å². The number of hydrogen-bond donors (Lipinski definition) is 4. The minimum absolute atomic E-state index is 0.0501. The van der Waals surface area contributed by atoms with Crippen LogP contribution in [0.15, 0.2) is 30.3 Å². The van der Waals surface area contributed by atoms with Crippen LogP contribution in [-0.2, 0) is 19.8 Å². The fourth-order valence-corrected chi connectivity index (χ4v) is 4.00. The summed E-state index contributed by atoms with van der Waals surface area (Å²) in [4.78, 5) is 38.1. The van der Waals surface area contributed by atoms with Crippen LogP contribution in [0.25, 0.3) is 0 Å². The van der Waals surface area contributed by atoms with Gasteiger partial charge in [-0.1, -0.05) is 161 Å². The number of carboxylic acid groups (broad SMARTS) is 1. The molecule has 0 aliphatic rings. The van der Waals surface area contributed by atoms with Crippen molar-refractivity contribution in [2.24, 2.45) is 17.3 Å². The molecule has 1 aromatic carbocycles. The number of likely N-dealkylation sites (N-methyl/N-ethyl adjacent to an activating group) is 1. The fraction of sp³-hybridized carbons (Fsp3) is 0.757. The van der Waals surface area contributed by atoms with Crippen molar-refractivity contribution < 1.29 is 19.5 Å². The standard InChI is InChI=1S/C26H43N3O4.C3H8.4C2H6/c1-16(2)19(15-17(3)24(32)33)28-22(30)20(25(4,5)6)29-23(31)21(27-9)26(7,8)18-13-11-10-12-14-18;1-3-2;4*1-2/h10-14,16-17,19-21,27H,15H2,1-9H3,(H,28,30)(H,29,31)(H,32,33);3H2,1-2H3;4*1-2H3/t17?,19-,20?,21?;;;;;/m1...../s1. The Labute approximate surface area is 274 Å². The first-order chi connectivity index (χ1) is 20.5. The lowest BCUT2D eigenvalue weighted by molar-refractivity contribution is -0.142. The molecule has 1 aromatic rings. The van der Waals surface area contributed by atoms with Crippen LogP contribution in [-0.4, -0.2) is 48.1 Å². The van der Waals surface area contributed by atoms with Gasteiger partial charge in [-0.15, -0.1) is 0 Å². The number of carbonyl (C=O) groups is 3. The lowest BCUT2D eigenvalue weighted by Crippen LogP contribution is -2.61. The van der Waals surface area contributed by atoms with Gasteiger partial charge in [0.25, 0.3) is 0 Å². The van der Waals surface area contributed by atoms with Crippen molar-refractivity contribution in [1.82, 2.24) is 16.0 Å². The fourth-order valence-electron chi connectivity index (χ4n) is 4.00. The second kappa shape index (κ2) is 29.3. The molecular weight excluding hydrogens is 550 g/mol. The summed E-state index contributed by atoms with van der Waals surface area (Å²) < 4.78 is 0. The van der Waals surface area contributed by atoms with Crippen molar-refractivity contribution in [1.29, 1.82) is 0 Å². The Morgan fingerprint density at radius 2 is 1.11 bits per heavy atom. The summed E-state index contributed by atoms with van der Waals surface area (Å²) in [5.41, 5.74) is -0.0515. The molecule has 4 atom stereocenters. The van der Waals surface area contributed by atoms with Crippen LogP contribution in [0.2, 0.25) is 0 Å². The largest absolute Gasteiger partial charge is 0.481 e. The van der Waals surface area contributed by atoms with Gasteiger partial charge in [0.1, 0.15) is 6.04 Å². The van der Waals surface area contributed by atoms with Crippen LogP contribution >= 0.6 is 0 Å². The van der Waals surface area contributed by atoms with Gasteiger partial charge in [0.2, 0.25) is 11.8 Å². The molecule has 0 radical (unpaired) electrons. The van der Waals surface area contributed by atoms with E-state index in [2.05, 4.69) is 29.8 Å². The predicted molar refractivity (Wildman–Crippen MR) is 193 cm³/mol. The van der Waals surface area contributed by atoms with E-state index in [1.54, 1.807) is 14.0 Å². The monoisotopic (exact) mass is 626 g/mol. The topological polar surface area (TPSA) is 108 Å². The zero-order valence-corrected chi connectivity index (χ0v) is 32.4. The van der Waals surface area contributed by atoms with E-state index in [4.69, 9.17) is 0 Å².